The highest BCUT2D eigenvalue weighted by molar-refractivity contribution is 6.31. The lowest BCUT2D eigenvalue weighted by Crippen LogP contribution is -2.32. The Labute approximate surface area is 130 Å². The van der Waals surface area contributed by atoms with Crippen LogP contribution >= 0.6 is 11.6 Å². The predicted molar refractivity (Wildman–Crippen MR) is 84.2 cm³/mol. The van der Waals surface area contributed by atoms with E-state index >= 15 is 0 Å². The summed E-state index contributed by atoms with van der Waals surface area (Å²) in [5, 5.41) is 3.96. The van der Waals surface area contributed by atoms with E-state index in [2.05, 4.69) is 12.2 Å². The van der Waals surface area contributed by atoms with Crippen LogP contribution in [0.3, 0.4) is 0 Å². The Hall–Kier alpha value is -1.32. The molecule has 0 amide bonds. The maximum Gasteiger partial charge on any atom is 0.127 e. The van der Waals surface area contributed by atoms with Crippen LogP contribution in [0, 0.1) is 5.82 Å². The number of halogens is 2. The van der Waals surface area contributed by atoms with Gasteiger partial charge in [0.05, 0.1) is 6.26 Å². The van der Waals surface area contributed by atoms with Crippen LogP contribution in [0.15, 0.2) is 41.0 Å². The Bertz CT molecular complexity index is 521. The van der Waals surface area contributed by atoms with E-state index in [1.54, 1.807) is 18.4 Å². The molecule has 0 saturated carbocycles. The molecule has 1 unspecified atom stereocenters. The van der Waals surface area contributed by atoms with Crippen molar-refractivity contribution in [1.82, 2.24) is 5.32 Å². The van der Waals surface area contributed by atoms with Crippen LogP contribution in [-0.2, 0) is 12.8 Å². The molecular weight excluding hydrogens is 289 g/mol. The van der Waals surface area contributed by atoms with E-state index in [-0.39, 0.29) is 11.9 Å². The zero-order valence-electron chi connectivity index (χ0n) is 12.2. The zero-order chi connectivity index (χ0) is 15.1. The Morgan fingerprint density at radius 3 is 2.81 bits per heavy atom. The molecule has 0 radical (unpaired) electrons. The summed E-state index contributed by atoms with van der Waals surface area (Å²) in [5.74, 6) is 0.724. The van der Waals surface area contributed by atoms with Crippen molar-refractivity contribution in [2.45, 2.75) is 38.6 Å². The Balaban J connectivity index is 2.01. The van der Waals surface area contributed by atoms with Crippen molar-refractivity contribution in [2.24, 2.45) is 0 Å². The third-order valence-electron chi connectivity index (χ3n) is 3.51. The van der Waals surface area contributed by atoms with Crippen LogP contribution in [0.5, 0.6) is 0 Å². The second-order valence-electron chi connectivity index (χ2n) is 5.17. The normalized spacial score (nSPS) is 12.5. The molecule has 21 heavy (non-hydrogen) atoms. The number of nitrogens with one attached hydrogen (secondary N) is 1. The topological polar surface area (TPSA) is 25.2 Å². The van der Waals surface area contributed by atoms with Crippen molar-refractivity contribution in [3.8, 4) is 0 Å². The van der Waals surface area contributed by atoms with Crippen LogP contribution in [0.1, 0.15) is 31.1 Å². The summed E-state index contributed by atoms with van der Waals surface area (Å²) in [6.45, 7) is 3.03. The molecule has 1 heterocycles. The van der Waals surface area contributed by atoms with Gasteiger partial charge in [-0.2, -0.15) is 0 Å². The molecule has 0 aliphatic carbocycles. The van der Waals surface area contributed by atoms with E-state index in [0.717, 1.165) is 31.6 Å². The summed E-state index contributed by atoms with van der Waals surface area (Å²) in [6, 6.07) is 8.88. The van der Waals surface area contributed by atoms with E-state index in [1.165, 1.54) is 6.07 Å². The first-order valence-electron chi connectivity index (χ1n) is 7.39. The van der Waals surface area contributed by atoms with Gasteiger partial charge in [0, 0.05) is 23.0 Å². The highest BCUT2D eigenvalue weighted by atomic mass is 35.5. The van der Waals surface area contributed by atoms with Crippen LogP contribution < -0.4 is 5.32 Å². The fourth-order valence-corrected chi connectivity index (χ4v) is 2.61. The van der Waals surface area contributed by atoms with Gasteiger partial charge in [-0.25, -0.2) is 4.39 Å². The van der Waals surface area contributed by atoms with Crippen LogP contribution in [0.2, 0.25) is 5.02 Å². The summed E-state index contributed by atoms with van der Waals surface area (Å²) in [6.07, 6.45) is 5.03. The molecule has 0 fully saturated rings. The highest BCUT2D eigenvalue weighted by Gasteiger charge is 2.15. The largest absolute Gasteiger partial charge is 0.469 e. The third kappa shape index (κ3) is 4.87. The molecule has 114 valence electrons. The molecule has 0 bridgehead atoms. The number of rotatable bonds is 8. The van der Waals surface area contributed by atoms with Gasteiger partial charge in [0.2, 0.25) is 0 Å². The molecule has 1 N–H and O–H groups in total. The highest BCUT2D eigenvalue weighted by Crippen LogP contribution is 2.21. The van der Waals surface area contributed by atoms with Crippen LogP contribution in [-0.4, -0.2) is 12.6 Å². The number of hydrogen-bond acceptors (Lipinski definition) is 2. The van der Waals surface area contributed by atoms with Crippen molar-refractivity contribution < 1.29 is 8.81 Å². The van der Waals surface area contributed by atoms with Gasteiger partial charge in [-0.1, -0.05) is 24.6 Å². The quantitative estimate of drug-likeness (QED) is 0.770. The maximum atomic E-state index is 13.9. The maximum absolute atomic E-state index is 13.9. The molecule has 2 rings (SSSR count). The van der Waals surface area contributed by atoms with Crippen molar-refractivity contribution in [3.05, 3.63) is 58.8 Å². The lowest BCUT2D eigenvalue weighted by Gasteiger charge is -2.19. The lowest BCUT2D eigenvalue weighted by atomic mass is 10.0. The van der Waals surface area contributed by atoms with Crippen LogP contribution in [0.25, 0.3) is 0 Å². The standard InChI is InChI=1S/C17H21ClFNO/c1-2-10-20-13(8-9-14-5-4-11-21-14)12-15-16(18)6-3-7-17(15)19/h3-7,11,13,20H,2,8-10,12H2,1H3. The Morgan fingerprint density at radius 2 is 2.14 bits per heavy atom. The Kier molecular flexibility index (Phi) is 6.27. The number of benzene rings is 1. The molecule has 0 saturated heterocycles. The SMILES string of the molecule is CCCNC(CCc1ccco1)Cc1c(F)cccc1Cl. The van der Waals surface area contributed by atoms with Gasteiger partial charge in [-0.3, -0.25) is 0 Å². The van der Waals surface area contributed by atoms with Crippen molar-refractivity contribution in [2.75, 3.05) is 6.54 Å². The van der Waals surface area contributed by atoms with E-state index in [9.17, 15) is 4.39 Å². The van der Waals surface area contributed by atoms with Gasteiger partial charge in [-0.15, -0.1) is 0 Å². The van der Waals surface area contributed by atoms with Crippen molar-refractivity contribution >= 4 is 11.6 Å². The molecule has 0 spiro atoms. The van der Waals surface area contributed by atoms with Gasteiger partial charge in [0.15, 0.2) is 0 Å². The minimum atomic E-state index is -0.233. The summed E-state index contributed by atoms with van der Waals surface area (Å²) in [7, 11) is 0. The van der Waals surface area contributed by atoms with E-state index in [1.807, 2.05) is 12.1 Å². The second-order valence-corrected chi connectivity index (χ2v) is 5.58. The van der Waals surface area contributed by atoms with Gasteiger partial charge in [0.1, 0.15) is 11.6 Å². The van der Waals surface area contributed by atoms with Crippen LogP contribution in [0.4, 0.5) is 4.39 Å². The molecular formula is C17H21ClFNO. The Morgan fingerprint density at radius 1 is 1.29 bits per heavy atom. The average Bonchev–Trinajstić information content (AvgIpc) is 2.98. The smallest absolute Gasteiger partial charge is 0.127 e. The average molecular weight is 310 g/mol. The zero-order valence-corrected chi connectivity index (χ0v) is 13.0. The van der Waals surface area contributed by atoms with Crippen molar-refractivity contribution in [3.63, 3.8) is 0 Å². The van der Waals surface area contributed by atoms with Gasteiger partial charge in [-0.05, 0) is 50.1 Å². The molecule has 0 aliphatic heterocycles. The first kappa shape index (κ1) is 16.1. The number of hydrogen-bond donors (Lipinski definition) is 1. The van der Waals surface area contributed by atoms with Gasteiger partial charge in [0.25, 0.3) is 0 Å². The third-order valence-corrected chi connectivity index (χ3v) is 3.87. The number of furan rings is 1. The second kappa shape index (κ2) is 8.20. The first-order valence-corrected chi connectivity index (χ1v) is 7.77. The van der Waals surface area contributed by atoms with E-state index < -0.39 is 0 Å². The van der Waals surface area contributed by atoms with E-state index in [0.29, 0.717) is 17.0 Å². The molecule has 2 nitrogen and oxygen atoms in total. The minimum Gasteiger partial charge on any atom is -0.469 e. The lowest BCUT2D eigenvalue weighted by molar-refractivity contribution is 0.436. The molecule has 0 aliphatic rings. The monoisotopic (exact) mass is 309 g/mol. The van der Waals surface area contributed by atoms with E-state index in [4.69, 9.17) is 16.0 Å². The van der Waals surface area contributed by atoms with Crippen molar-refractivity contribution in [1.29, 1.82) is 0 Å². The molecule has 2 aromatic rings. The first-order chi connectivity index (χ1) is 10.2. The molecule has 4 heteroatoms. The number of aryl methyl sites for hydroxylation is 1. The molecule has 1 aromatic heterocycles. The fraction of sp³-hybridized carbons (Fsp3) is 0.412. The fourth-order valence-electron chi connectivity index (χ4n) is 2.37. The van der Waals surface area contributed by atoms with Gasteiger partial charge < -0.3 is 9.73 Å². The summed E-state index contributed by atoms with van der Waals surface area (Å²) in [5.41, 5.74) is 0.590. The summed E-state index contributed by atoms with van der Waals surface area (Å²) >= 11 is 6.12. The molecule has 1 atom stereocenters. The summed E-state index contributed by atoms with van der Waals surface area (Å²) < 4.78 is 19.3. The minimum absolute atomic E-state index is 0.185. The summed E-state index contributed by atoms with van der Waals surface area (Å²) in [4.78, 5) is 0. The predicted octanol–water partition coefficient (Wildman–Crippen LogP) is 4.62. The van der Waals surface area contributed by atoms with Gasteiger partial charge >= 0.3 is 0 Å². The molecule has 1 aromatic carbocycles.